The van der Waals surface area contributed by atoms with E-state index in [-0.39, 0.29) is 17.3 Å². The summed E-state index contributed by atoms with van der Waals surface area (Å²) >= 11 is 0. The van der Waals surface area contributed by atoms with Gasteiger partial charge in [0.15, 0.2) is 0 Å². The van der Waals surface area contributed by atoms with Crippen LogP contribution in [0.15, 0.2) is 36.7 Å². The molecule has 0 amide bonds. The number of carboxylic acid groups (broad SMARTS) is 1. The topological polar surface area (TPSA) is 115 Å². The lowest BCUT2D eigenvalue weighted by Crippen LogP contribution is -2.19. The Kier molecular flexibility index (Phi) is 4.02. The van der Waals surface area contributed by atoms with E-state index in [2.05, 4.69) is 9.97 Å². The molecule has 1 aromatic carbocycles. The van der Waals surface area contributed by atoms with Crippen LogP contribution in [-0.4, -0.2) is 26.0 Å². The van der Waals surface area contributed by atoms with Gasteiger partial charge in [0, 0.05) is 5.56 Å². The van der Waals surface area contributed by atoms with Gasteiger partial charge in [-0.05, 0) is 12.1 Å². The van der Waals surface area contributed by atoms with Crippen LogP contribution in [0.2, 0.25) is 0 Å². The fraction of sp³-hybridized carbons (Fsp3) is 0.0833. The Labute approximate surface area is 117 Å². The lowest BCUT2D eigenvalue weighted by molar-refractivity contribution is -0.385. The summed E-state index contributed by atoms with van der Waals surface area (Å²) in [7, 11) is 0. The van der Waals surface area contributed by atoms with Gasteiger partial charge in [0.2, 0.25) is 6.10 Å². The molecule has 0 radical (unpaired) electrons. The summed E-state index contributed by atoms with van der Waals surface area (Å²) in [6.07, 6.45) is 0.238. The Morgan fingerprint density at radius 3 is 2.57 bits per heavy atom. The van der Waals surface area contributed by atoms with Gasteiger partial charge in [-0.3, -0.25) is 10.1 Å². The molecule has 9 heteroatoms. The van der Waals surface area contributed by atoms with E-state index in [1.165, 1.54) is 12.1 Å². The summed E-state index contributed by atoms with van der Waals surface area (Å²) in [5, 5.41) is 19.6. The Hall–Kier alpha value is -3.10. The second-order valence-electron chi connectivity index (χ2n) is 3.87. The molecule has 8 nitrogen and oxygen atoms in total. The van der Waals surface area contributed by atoms with Gasteiger partial charge in [-0.2, -0.15) is 9.97 Å². The predicted molar refractivity (Wildman–Crippen MR) is 66.1 cm³/mol. The van der Waals surface area contributed by atoms with Gasteiger partial charge in [0.05, 0.1) is 4.92 Å². The highest BCUT2D eigenvalue weighted by molar-refractivity contribution is 5.74. The van der Waals surface area contributed by atoms with Crippen molar-refractivity contribution in [2.24, 2.45) is 0 Å². The van der Waals surface area contributed by atoms with Crippen molar-refractivity contribution >= 4 is 11.7 Å². The fourth-order valence-corrected chi connectivity index (χ4v) is 1.50. The van der Waals surface area contributed by atoms with Gasteiger partial charge in [-0.25, -0.2) is 9.18 Å². The molecule has 0 aliphatic rings. The minimum atomic E-state index is -1.53. The Morgan fingerprint density at radius 1 is 1.38 bits per heavy atom. The number of ether oxygens (including phenoxy) is 1. The molecule has 1 N–H and O–H groups in total. The normalized spacial score (nSPS) is 11.7. The summed E-state index contributed by atoms with van der Waals surface area (Å²) in [6, 6.07) is 4.50. The van der Waals surface area contributed by atoms with E-state index in [4.69, 9.17) is 9.84 Å². The number of nitro groups is 1. The van der Waals surface area contributed by atoms with Gasteiger partial charge in [0.25, 0.3) is 0 Å². The highest BCUT2D eigenvalue weighted by Gasteiger charge is 2.24. The van der Waals surface area contributed by atoms with Crippen LogP contribution in [0, 0.1) is 15.9 Å². The minimum Gasteiger partial charge on any atom is -0.478 e. The molecular weight excluding hydrogens is 285 g/mol. The number of aromatic nitrogens is 2. The molecule has 1 heterocycles. The number of carboxylic acids is 1. The third-order valence-electron chi connectivity index (χ3n) is 2.42. The largest absolute Gasteiger partial charge is 0.478 e. The first-order valence-electron chi connectivity index (χ1n) is 5.58. The molecule has 2 rings (SSSR count). The van der Waals surface area contributed by atoms with Gasteiger partial charge >= 0.3 is 17.7 Å². The van der Waals surface area contributed by atoms with Crippen molar-refractivity contribution < 1.29 is 24.0 Å². The standard InChI is InChI=1S/C12H8FN3O5/c13-8-3-1-2-7(4-8)10(11(17)18)21-12-14-5-9(6-15-12)16(19)20/h1-6,10H,(H,17,18). The van der Waals surface area contributed by atoms with Crippen molar-refractivity contribution in [3.63, 3.8) is 0 Å². The van der Waals surface area contributed by atoms with E-state index in [1.807, 2.05) is 0 Å². The lowest BCUT2D eigenvalue weighted by Gasteiger charge is -2.13. The summed E-state index contributed by atoms with van der Waals surface area (Å²) in [6.45, 7) is 0. The molecule has 0 aliphatic carbocycles. The monoisotopic (exact) mass is 293 g/mol. The third kappa shape index (κ3) is 3.47. The van der Waals surface area contributed by atoms with E-state index in [0.717, 1.165) is 24.5 Å². The summed E-state index contributed by atoms with van der Waals surface area (Å²) in [5.74, 6) is -1.99. The zero-order valence-electron chi connectivity index (χ0n) is 10.3. The van der Waals surface area contributed by atoms with Gasteiger partial charge < -0.3 is 9.84 Å². The average molecular weight is 293 g/mol. The maximum absolute atomic E-state index is 13.1. The molecule has 108 valence electrons. The number of hydrogen-bond donors (Lipinski definition) is 1. The molecule has 2 aromatic rings. The number of nitrogens with zero attached hydrogens (tertiary/aromatic N) is 3. The van der Waals surface area contributed by atoms with Gasteiger partial charge in [-0.1, -0.05) is 12.1 Å². The van der Waals surface area contributed by atoms with Crippen molar-refractivity contribution in [2.75, 3.05) is 0 Å². The van der Waals surface area contributed by atoms with Crippen molar-refractivity contribution in [1.82, 2.24) is 9.97 Å². The first kappa shape index (κ1) is 14.3. The molecule has 0 saturated carbocycles. The first-order chi connectivity index (χ1) is 9.97. The number of carbonyl (C=O) groups is 1. The molecule has 21 heavy (non-hydrogen) atoms. The first-order valence-corrected chi connectivity index (χ1v) is 5.58. The smallest absolute Gasteiger partial charge is 0.349 e. The van der Waals surface area contributed by atoms with Gasteiger partial charge in [0.1, 0.15) is 18.2 Å². The van der Waals surface area contributed by atoms with Crippen LogP contribution in [-0.2, 0) is 4.79 Å². The van der Waals surface area contributed by atoms with Crippen molar-refractivity contribution in [2.45, 2.75) is 6.10 Å². The summed E-state index contributed by atoms with van der Waals surface area (Å²) in [5.41, 5.74) is -0.301. The quantitative estimate of drug-likeness (QED) is 0.659. The maximum Gasteiger partial charge on any atom is 0.349 e. The van der Waals surface area contributed by atoms with Crippen molar-refractivity contribution in [3.05, 3.63) is 58.2 Å². The van der Waals surface area contributed by atoms with Crippen LogP contribution in [0.25, 0.3) is 0 Å². The number of aliphatic carboxylic acids is 1. The SMILES string of the molecule is O=C(O)C(Oc1ncc([N+](=O)[O-])cn1)c1cccc(F)c1. The van der Waals surface area contributed by atoms with E-state index < -0.39 is 22.8 Å². The number of benzene rings is 1. The van der Waals surface area contributed by atoms with Crippen LogP contribution in [0.5, 0.6) is 6.01 Å². The number of hydrogen-bond acceptors (Lipinski definition) is 6. The molecular formula is C12H8FN3O5. The third-order valence-corrected chi connectivity index (χ3v) is 2.42. The minimum absolute atomic E-state index is 0.0597. The zero-order chi connectivity index (χ0) is 15.4. The Balaban J connectivity index is 2.24. The van der Waals surface area contributed by atoms with Crippen LogP contribution in [0.4, 0.5) is 10.1 Å². The Morgan fingerprint density at radius 2 is 2.05 bits per heavy atom. The van der Waals surface area contributed by atoms with Gasteiger partial charge in [-0.15, -0.1) is 0 Å². The highest BCUT2D eigenvalue weighted by Crippen LogP contribution is 2.21. The molecule has 1 unspecified atom stereocenters. The molecule has 0 aliphatic heterocycles. The van der Waals surface area contributed by atoms with E-state index in [1.54, 1.807) is 0 Å². The zero-order valence-corrected chi connectivity index (χ0v) is 10.3. The maximum atomic E-state index is 13.1. The highest BCUT2D eigenvalue weighted by atomic mass is 19.1. The molecule has 0 spiro atoms. The van der Waals surface area contributed by atoms with E-state index in [9.17, 15) is 19.3 Å². The fourth-order valence-electron chi connectivity index (χ4n) is 1.50. The lowest BCUT2D eigenvalue weighted by atomic mass is 10.1. The molecule has 0 bridgehead atoms. The second kappa shape index (κ2) is 5.90. The number of halogens is 1. The second-order valence-corrected chi connectivity index (χ2v) is 3.87. The number of rotatable bonds is 5. The van der Waals surface area contributed by atoms with E-state index >= 15 is 0 Å². The molecule has 0 saturated heterocycles. The van der Waals surface area contributed by atoms with Crippen molar-refractivity contribution in [1.29, 1.82) is 0 Å². The average Bonchev–Trinajstić information content (AvgIpc) is 2.45. The Bertz CT molecular complexity index is 677. The predicted octanol–water partition coefficient (Wildman–Crippen LogP) is 1.73. The molecule has 0 fully saturated rings. The molecule has 1 aromatic heterocycles. The van der Waals surface area contributed by atoms with Crippen molar-refractivity contribution in [3.8, 4) is 6.01 Å². The summed E-state index contributed by atoms with van der Waals surface area (Å²) in [4.78, 5) is 28.0. The van der Waals surface area contributed by atoms with E-state index in [0.29, 0.717) is 0 Å². The summed E-state index contributed by atoms with van der Waals surface area (Å²) < 4.78 is 18.2. The van der Waals surface area contributed by atoms with Crippen LogP contribution in [0.1, 0.15) is 11.7 Å². The van der Waals surface area contributed by atoms with Crippen LogP contribution < -0.4 is 4.74 Å². The van der Waals surface area contributed by atoms with Crippen LogP contribution >= 0.6 is 0 Å². The van der Waals surface area contributed by atoms with Crippen LogP contribution in [0.3, 0.4) is 0 Å². The molecule has 1 atom stereocenters.